The molecule has 1 fully saturated rings. The van der Waals surface area contributed by atoms with E-state index in [-0.39, 0.29) is 11.3 Å². The number of pyridine rings is 1. The first-order chi connectivity index (χ1) is 16.5. The van der Waals surface area contributed by atoms with Crippen molar-refractivity contribution in [3.05, 3.63) is 102 Å². The van der Waals surface area contributed by atoms with E-state index in [1.54, 1.807) is 17.1 Å². The summed E-state index contributed by atoms with van der Waals surface area (Å²) in [4.78, 5) is 17.8. The Morgan fingerprint density at radius 3 is 2.38 bits per heavy atom. The van der Waals surface area contributed by atoms with Gasteiger partial charge in [0.25, 0.3) is 0 Å². The van der Waals surface area contributed by atoms with Gasteiger partial charge in [0.2, 0.25) is 5.91 Å². The Morgan fingerprint density at radius 2 is 1.76 bits per heavy atom. The van der Waals surface area contributed by atoms with Crippen LogP contribution in [0.4, 0.5) is 5.82 Å². The van der Waals surface area contributed by atoms with Gasteiger partial charge in [0.05, 0.1) is 6.20 Å². The first-order valence-electron chi connectivity index (χ1n) is 11.6. The highest BCUT2D eigenvalue weighted by Crippen LogP contribution is 2.48. The number of aromatic nitrogens is 3. The lowest BCUT2D eigenvalue weighted by atomic mass is 9.94. The van der Waals surface area contributed by atoms with Gasteiger partial charge in [-0.3, -0.25) is 9.48 Å². The molecule has 1 amide bonds. The van der Waals surface area contributed by atoms with E-state index in [0.29, 0.717) is 5.82 Å². The molecule has 2 aromatic carbocycles. The van der Waals surface area contributed by atoms with Gasteiger partial charge in [0.1, 0.15) is 11.9 Å². The van der Waals surface area contributed by atoms with Crippen LogP contribution in [-0.4, -0.2) is 27.2 Å². The second-order valence-corrected chi connectivity index (χ2v) is 9.19. The van der Waals surface area contributed by atoms with E-state index in [4.69, 9.17) is 0 Å². The fraction of sp³-hybridized carbons (Fsp3) is 0.250. The summed E-state index contributed by atoms with van der Waals surface area (Å²) in [6, 6.07) is 21.9. The van der Waals surface area contributed by atoms with E-state index >= 15 is 0 Å². The molecule has 0 spiro atoms. The number of hydrogen-bond donors (Lipinski definition) is 2. The van der Waals surface area contributed by atoms with Crippen LogP contribution >= 0.6 is 0 Å². The molecule has 1 unspecified atom stereocenters. The van der Waals surface area contributed by atoms with Gasteiger partial charge >= 0.3 is 0 Å². The highest BCUT2D eigenvalue weighted by molar-refractivity contribution is 5.95. The Balaban J connectivity index is 1.31. The molecule has 6 nitrogen and oxygen atoms in total. The number of anilines is 1. The fourth-order valence-corrected chi connectivity index (χ4v) is 4.34. The third kappa shape index (κ3) is 4.77. The summed E-state index contributed by atoms with van der Waals surface area (Å²) < 4.78 is 1.75. The predicted octanol–water partition coefficient (Wildman–Crippen LogP) is 4.79. The van der Waals surface area contributed by atoms with Crippen LogP contribution in [0, 0.1) is 6.92 Å². The summed E-state index contributed by atoms with van der Waals surface area (Å²) in [7, 11) is 1.88. The number of carbonyl (C=O) groups excluding carboxylic acids is 1. The first kappa shape index (κ1) is 22.0. The average molecular weight is 452 g/mol. The second kappa shape index (κ2) is 9.23. The van der Waals surface area contributed by atoms with Crippen LogP contribution < -0.4 is 10.6 Å². The molecule has 5 rings (SSSR count). The van der Waals surface area contributed by atoms with Gasteiger partial charge in [-0.25, -0.2) is 4.98 Å². The summed E-state index contributed by atoms with van der Waals surface area (Å²) in [5, 5.41) is 10.8. The van der Waals surface area contributed by atoms with Crippen LogP contribution in [0.1, 0.15) is 35.6 Å². The number of nitrogens with one attached hydrogen (secondary N) is 2. The Kier molecular flexibility index (Phi) is 5.99. The maximum Gasteiger partial charge on any atom is 0.247 e. The number of carbonyl (C=O) groups is 1. The van der Waals surface area contributed by atoms with Crippen molar-refractivity contribution in [2.24, 2.45) is 7.05 Å². The van der Waals surface area contributed by atoms with Crippen molar-refractivity contribution in [2.45, 2.75) is 31.2 Å². The van der Waals surface area contributed by atoms with E-state index in [1.165, 1.54) is 11.1 Å². The van der Waals surface area contributed by atoms with E-state index in [2.05, 4.69) is 51.9 Å². The molecule has 34 heavy (non-hydrogen) atoms. The SMILES string of the molecule is Cc1ccc(C2(CNC(C(=O)Nc3ccc(-c4cnn(C)c4)cn3)c3ccccc3)CC2)cc1. The van der Waals surface area contributed by atoms with E-state index in [0.717, 1.165) is 36.1 Å². The first-order valence-corrected chi connectivity index (χ1v) is 11.6. The van der Waals surface area contributed by atoms with Crippen molar-refractivity contribution in [3.8, 4) is 11.1 Å². The number of benzene rings is 2. The zero-order valence-corrected chi connectivity index (χ0v) is 19.5. The van der Waals surface area contributed by atoms with Crippen LogP contribution in [-0.2, 0) is 17.3 Å². The third-order valence-corrected chi connectivity index (χ3v) is 6.61. The Bertz CT molecular complexity index is 1260. The summed E-state index contributed by atoms with van der Waals surface area (Å²) in [6.07, 6.45) is 7.75. The minimum Gasteiger partial charge on any atom is -0.309 e. The summed E-state index contributed by atoms with van der Waals surface area (Å²) >= 11 is 0. The number of aryl methyl sites for hydroxylation is 2. The van der Waals surface area contributed by atoms with Crippen molar-refractivity contribution >= 4 is 11.7 Å². The molecular weight excluding hydrogens is 422 g/mol. The standard InChI is InChI=1S/C28H29N5O/c1-20-8-11-24(12-9-20)28(14-15-28)19-30-26(21-6-4-3-5-7-21)27(34)32-25-13-10-22(16-29-25)23-17-31-33(2)18-23/h3-13,16-18,26,30H,14-15,19H2,1-2H3,(H,29,32,34). The van der Waals surface area contributed by atoms with E-state index in [1.807, 2.05) is 55.7 Å². The highest BCUT2D eigenvalue weighted by atomic mass is 16.2. The van der Waals surface area contributed by atoms with Crippen molar-refractivity contribution in [2.75, 3.05) is 11.9 Å². The molecule has 0 aliphatic heterocycles. The Labute approximate surface area is 200 Å². The topological polar surface area (TPSA) is 71.8 Å². The lowest BCUT2D eigenvalue weighted by molar-refractivity contribution is -0.118. The number of rotatable bonds is 8. The van der Waals surface area contributed by atoms with Crippen molar-refractivity contribution in [3.63, 3.8) is 0 Å². The molecule has 1 saturated carbocycles. The van der Waals surface area contributed by atoms with E-state index < -0.39 is 6.04 Å². The van der Waals surface area contributed by atoms with E-state index in [9.17, 15) is 4.79 Å². The van der Waals surface area contributed by atoms with Crippen molar-refractivity contribution < 1.29 is 4.79 Å². The minimum absolute atomic E-state index is 0.102. The molecule has 1 aliphatic carbocycles. The maximum atomic E-state index is 13.4. The lowest BCUT2D eigenvalue weighted by Crippen LogP contribution is -2.37. The monoisotopic (exact) mass is 451 g/mol. The lowest BCUT2D eigenvalue weighted by Gasteiger charge is -2.23. The van der Waals surface area contributed by atoms with Gasteiger partial charge in [-0.1, -0.05) is 60.2 Å². The number of nitrogens with zero attached hydrogens (tertiary/aromatic N) is 3. The van der Waals surface area contributed by atoms with Crippen molar-refractivity contribution in [1.29, 1.82) is 0 Å². The zero-order valence-electron chi connectivity index (χ0n) is 19.5. The quantitative estimate of drug-likeness (QED) is 0.404. The van der Waals surface area contributed by atoms with Gasteiger partial charge in [0.15, 0.2) is 0 Å². The summed E-state index contributed by atoms with van der Waals surface area (Å²) in [5.74, 6) is 0.410. The Hall–Kier alpha value is -3.77. The van der Waals surface area contributed by atoms with Gasteiger partial charge in [-0.2, -0.15) is 5.10 Å². The molecule has 172 valence electrons. The normalized spacial score (nSPS) is 15.0. The molecule has 6 heteroatoms. The number of amides is 1. The van der Waals surface area contributed by atoms with Gasteiger partial charge in [0, 0.05) is 42.5 Å². The van der Waals surface area contributed by atoms with Gasteiger partial charge in [-0.15, -0.1) is 0 Å². The van der Waals surface area contributed by atoms with Crippen LogP contribution in [0.2, 0.25) is 0 Å². The van der Waals surface area contributed by atoms with Crippen LogP contribution in [0.5, 0.6) is 0 Å². The smallest absolute Gasteiger partial charge is 0.247 e. The van der Waals surface area contributed by atoms with Crippen molar-refractivity contribution in [1.82, 2.24) is 20.1 Å². The summed E-state index contributed by atoms with van der Waals surface area (Å²) in [6.45, 7) is 2.85. The minimum atomic E-state index is -0.469. The maximum absolute atomic E-state index is 13.4. The zero-order chi connectivity index (χ0) is 23.5. The van der Waals surface area contributed by atoms with Crippen LogP contribution in [0.25, 0.3) is 11.1 Å². The molecule has 4 aromatic rings. The van der Waals surface area contributed by atoms with Crippen LogP contribution in [0.15, 0.2) is 85.3 Å². The largest absolute Gasteiger partial charge is 0.309 e. The molecule has 0 saturated heterocycles. The summed E-state index contributed by atoms with van der Waals surface area (Å²) in [5.41, 5.74) is 5.58. The molecule has 1 aliphatic rings. The molecule has 1 atom stereocenters. The molecule has 2 aromatic heterocycles. The second-order valence-electron chi connectivity index (χ2n) is 9.19. The molecule has 2 N–H and O–H groups in total. The predicted molar refractivity (Wildman–Crippen MR) is 134 cm³/mol. The molecular formula is C28H29N5O. The highest BCUT2D eigenvalue weighted by Gasteiger charge is 2.44. The fourth-order valence-electron chi connectivity index (χ4n) is 4.34. The van der Waals surface area contributed by atoms with Gasteiger partial charge in [-0.05, 0) is 43.0 Å². The number of hydrogen-bond acceptors (Lipinski definition) is 4. The Morgan fingerprint density at radius 1 is 1.00 bits per heavy atom. The van der Waals surface area contributed by atoms with Gasteiger partial charge < -0.3 is 10.6 Å². The average Bonchev–Trinajstić information content (AvgIpc) is 3.52. The molecule has 0 bridgehead atoms. The molecule has 0 radical (unpaired) electrons. The van der Waals surface area contributed by atoms with Crippen LogP contribution in [0.3, 0.4) is 0 Å². The third-order valence-electron chi connectivity index (χ3n) is 6.61. The molecule has 2 heterocycles.